The Bertz CT molecular complexity index is 1790. The lowest BCUT2D eigenvalue weighted by Gasteiger charge is -2.13. The molecule has 4 aromatic carbocycles. The maximum atomic E-state index is 8.23. The van der Waals surface area contributed by atoms with Gasteiger partial charge in [-0.15, -0.1) is 0 Å². The molecule has 2 aromatic heterocycles. The van der Waals surface area contributed by atoms with Gasteiger partial charge in [0.2, 0.25) is 5.69 Å². The van der Waals surface area contributed by atoms with Gasteiger partial charge < -0.3 is 4.42 Å². The Labute approximate surface area is 197 Å². The van der Waals surface area contributed by atoms with E-state index in [9.17, 15) is 0 Å². The van der Waals surface area contributed by atoms with Crippen LogP contribution in [0.3, 0.4) is 0 Å². The van der Waals surface area contributed by atoms with Crippen molar-refractivity contribution in [3.63, 3.8) is 0 Å². The lowest BCUT2D eigenvalue weighted by molar-refractivity contribution is -0.660. The van der Waals surface area contributed by atoms with Crippen LogP contribution in [0.25, 0.3) is 55.1 Å². The van der Waals surface area contributed by atoms with Crippen LogP contribution in [-0.4, -0.2) is 0 Å². The van der Waals surface area contributed by atoms with Crippen LogP contribution in [0.4, 0.5) is 0 Å². The molecule has 0 spiro atoms. The van der Waals surface area contributed by atoms with Gasteiger partial charge in [0.25, 0.3) is 0 Å². The lowest BCUT2D eigenvalue weighted by atomic mass is 9.91. The fourth-order valence-corrected chi connectivity index (χ4v) is 5.00. The van der Waals surface area contributed by atoms with E-state index in [1.807, 2.05) is 67.1 Å². The first-order chi connectivity index (χ1) is 17.2. The zero-order valence-corrected chi connectivity index (χ0v) is 18.9. The summed E-state index contributed by atoms with van der Waals surface area (Å²) in [4.78, 5) is 0. The van der Waals surface area contributed by atoms with E-state index in [1.165, 1.54) is 0 Å². The second kappa shape index (κ2) is 7.31. The van der Waals surface area contributed by atoms with Gasteiger partial charge in [-0.3, -0.25) is 0 Å². The first-order valence-electron chi connectivity index (χ1n) is 12.7. The number of benzene rings is 4. The van der Waals surface area contributed by atoms with Crippen molar-refractivity contribution in [1.29, 1.82) is 0 Å². The molecule has 0 unspecified atom stereocenters. The Balaban J connectivity index is 1.76. The van der Waals surface area contributed by atoms with E-state index < -0.39 is 6.85 Å². The number of aryl methyl sites for hydroxylation is 4. The number of furan rings is 1. The molecule has 0 bridgehead atoms. The Kier molecular flexibility index (Phi) is 3.70. The molecule has 0 aliphatic heterocycles. The zero-order valence-electron chi connectivity index (χ0n) is 21.9. The van der Waals surface area contributed by atoms with Crippen LogP contribution in [0.2, 0.25) is 0 Å². The van der Waals surface area contributed by atoms with Crippen LogP contribution >= 0.6 is 0 Å². The van der Waals surface area contributed by atoms with Gasteiger partial charge in [-0.2, -0.15) is 0 Å². The molecule has 0 fully saturated rings. The van der Waals surface area contributed by atoms with Gasteiger partial charge in [0, 0.05) is 26.5 Å². The van der Waals surface area contributed by atoms with Crippen molar-refractivity contribution in [2.75, 3.05) is 0 Å². The van der Waals surface area contributed by atoms with Crippen molar-refractivity contribution in [3.8, 4) is 22.4 Å². The molecule has 0 aliphatic carbocycles. The Morgan fingerprint density at radius 1 is 0.818 bits per heavy atom. The summed E-state index contributed by atoms with van der Waals surface area (Å²) in [5.74, 6) is 0. The summed E-state index contributed by atoms with van der Waals surface area (Å²) in [6, 6.07) is 26.6. The molecule has 0 amide bonds. The van der Waals surface area contributed by atoms with Gasteiger partial charge in [0.1, 0.15) is 18.2 Å². The summed E-state index contributed by atoms with van der Waals surface area (Å²) in [6.45, 7) is 1.90. The van der Waals surface area contributed by atoms with E-state index in [4.69, 9.17) is 8.53 Å². The van der Waals surface area contributed by atoms with Gasteiger partial charge >= 0.3 is 0 Å². The number of para-hydroxylation sites is 1. The second-order valence-electron chi connectivity index (χ2n) is 8.81. The number of rotatable bonds is 2. The molecule has 0 saturated carbocycles. The molecular weight excluding hydrogens is 402 g/mol. The topological polar surface area (TPSA) is 17.0 Å². The van der Waals surface area contributed by atoms with Crippen LogP contribution in [0.1, 0.15) is 20.8 Å². The third-order valence-corrected chi connectivity index (χ3v) is 6.69. The molecule has 6 rings (SSSR count). The minimum atomic E-state index is -2.25. The Hall–Kier alpha value is -3.91. The number of fused-ring (bicyclic) bond motifs is 5. The molecule has 2 heterocycles. The molecule has 0 radical (unpaired) electrons. The van der Waals surface area contributed by atoms with E-state index >= 15 is 0 Å². The standard InChI is InChI=1S/C31H26NO/c1-19-13-15-22(16-14-19)26-17-27(32(4)18-20(26)2)29-21(3)23-9-5-6-10-24(23)30-25-11-7-8-12-28(25)33-31(29)30/h5-18H,1-4H3/q+1/i2D3. The van der Waals surface area contributed by atoms with E-state index in [0.29, 0.717) is 11.1 Å². The average Bonchev–Trinajstić information content (AvgIpc) is 3.24. The van der Waals surface area contributed by atoms with Crippen molar-refractivity contribution in [2.45, 2.75) is 20.7 Å². The van der Waals surface area contributed by atoms with Crippen molar-refractivity contribution in [1.82, 2.24) is 0 Å². The minimum absolute atomic E-state index is 0.330. The number of nitrogens with zero attached hydrogens (tertiary/aromatic N) is 1. The zero-order chi connectivity index (χ0) is 25.2. The smallest absolute Gasteiger partial charge is 0.217 e. The first kappa shape index (κ1) is 16.7. The SMILES string of the molecule is [2H]C([2H])([2H])c1c[n+](C)c(-c2c(C)c3ccccc3c3c2oc2ccccc23)cc1-c1ccc(C)cc1. The van der Waals surface area contributed by atoms with Gasteiger partial charge in [0.15, 0.2) is 6.20 Å². The largest absolute Gasteiger partial charge is 0.455 e. The molecule has 0 atom stereocenters. The van der Waals surface area contributed by atoms with Crippen LogP contribution in [0, 0.1) is 20.7 Å². The van der Waals surface area contributed by atoms with Crippen LogP contribution in [-0.2, 0) is 7.05 Å². The highest BCUT2D eigenvalue weighted by atomic mass is 16.3. The van der Waals surface area contributed by atoms with Crippen LogP contribution in [0.15, 0.2) is 89.5 Å². The monoisotopic (exact) mass is 431 g/mol. The number of pyridine rings is 1. The van der Waals surface area contributed by atoms with E-state index in [1.54, 1.807) is 6.20 Å². The van der Waals surface area contributed by atoms with Crippen LogP contribution in [0.5, 0.6) is 0 Å². The van der Waals surface area contributed by atoms with Gasteiger partial charge in [0.05, 0.1) is 5.56 Å². The highest BCUT2D eigenvalue weighted by Gasteiger charge is 2.25. The summed E-state index contributed by atoms with van der Waals surface area (Å²) in [5.41, 5.74) is 7.70. The third kappa shape index (κ3) is 2.98. The average molecular weight is 432 g/mol. The van der Waals surface area contributed by atoms with Gasteiger partial charge in [-0.1, -0.05) is 72.3 Å². The molecule has 2 nitrogen and oxygen atoms in total. The fraction of sp³-hybridized carbons (Fsp3) is 0.129. The third-order valence-electron chi connectivity index (χ3n) is 6.69. The summed E-state index contributed by atoms with van der Waals surface area (Å²) in [7, 11) is 1.91. The molecule has 6 aromatic rings. The Morgan fingerprint density at radius 2 is 1.52 bits per heavy atom. The fourth-order valence-electron chi connectivity index (χ4n) is 5.00. The predicted molar refractivity (Wildman–Crippen MR) is 137 cm³/mol. The number of hydrogen-bond acceptors (Lipinski definition) is 1. The second-order valence-corrected chi connectivity index (χ2v) is 8.81. The molecule has 33 heavy (non-hydrogen) atoms. The van der Waals surface area contributed by atoms with Crippen molar-refractivity contribution in [3.05, 3.63) is 102 Å². The summed E-state index contributed by atoms with van der Waals surface area (Å²) >= 11 is 0. The number of hydrogen-bond donors (Lipinski definition) is 0. The normalized spacial score (nSPS) is 13.4. The molecule has 0 aliphatic rings. The van der Waals surface area contributed by atoms with E-state index in [0.717, 1.165) is 60.7 Å². The molecule has 0 saturated heterocycles. The summed E-state index contributed by atoms with van der Waals surface area (Å²) < 4.78 is 33.1. The molecule has 160 valence electrons. The van der Waals surface area contributed by atoms with Crippen LogP contribution < -0.4 is 4.57 Å². The minimum Gasteiger partial charge on any atom is -0.455 e. The first-order valence-corrected chi connectivity index (χ1v) is 11.2. The van der Waals surface area contributed by atoms with Crippen molar-refractivity contribution < 1.29 is 13.1 Å². The van der Waals surface area contributed by atoms with Crippen molar-refractivity contribution in [2.24, 2.45) is 7.05 Å². The molecular formula is C31H26NO+. The summed E-state index contributed by atoms with van der Waals surface area (Å²) in [5, 5.41) is 4.46. The lowest BCUT2D eigenvalue weighted by Crippen LogP contribution is -2.31. The molecule has 2 heteroatoms. The van der Waals surface area contributed by atoms with Gasteiger partial charge in [-0.25, -0.2) is 4.57 Å². The maximum absolute atomic E-state index is 8.23. The Morgan fingerprint density at radius 3 is 2.27 bits per heavy atom. The molecule has 0 N–H and O–H groups in total. The highest BCUT2D eigenvalue weighted by Crippen LogP contribution is 2.43. The van der Waals surface area contributed by atoms with Crippen molar-refractivity contribution >= 4 is 32.7 Å². The quantitative estimate of drug-likeness (QED) is 0.255. The maximum Gasteiger partial charge on any atom is 0.217 e. The summed E-state index contributed by atoms with van der Waals surface area (Å²) in [6.07, 6.45) is 1.75. The highest BCUT2D eigenvalue weighted by molar-refractivity contribution is 6.23. The van der Waals surface area contributed by atoms with Gasteiger partial charge in [-0.05, 0) is 54.2 Å². The van der Waals surface area contributed by atoms with E-state index in [-0.39, 0.29) is 0 Å². The number of aromatic nitrogens is 1. The predicted octanol–water partition coefficient (Wildman–Crippen LogP) is 7.82. The van der Waals surface area contributed by atoms with E-state index in [2.05, 4.69) is 37.3 Å².